The van der Waals surface area contributed by atoms with Crippen molar-refractivity contribution in [2.24, 2.45) is 5.73 Å². The van der Waals surface area contributed by atoms with Crippen molar-refractivity contribution in [3.63, 3.8) is 0 Å². The number of hydrogen-bond donors (Lipinski definition) is 3. The Morgan fingerprint density at radius 1 is 1.62 bits per heavy atom. The predicted molar refractivity (Wildman–Crippen MR) is 66.1 cm³/mol. The first-order chi connectivity index (χ1) is 7.65. The highest BCUT2D eigenvalue weighted by Crippen LogP contribution is 2.29. The molecule has 1 fully saturated rings. The average Bonchev–Trinajstić information content (AvgIpc) is 2.57. The van der Waals surface area contributed by atoms with Crippen molar-refractivity contribution in [1.29, 1.82) is 0 Å². The summed E-state index contributed by atoms with van der Waals surface area (Å²) in [6.07, 6.45) is 8.05. The fraction of sp³-hybridized carbons (Fsp3) is 0.727. The van der Waals surface area contributed by atoms with Crippen LogP contribution in [0.25, 0.3) is 0 Å². The van der Waals surface area contributed by atoms with E-state index in [2.05, 4.69) is 11.4 Å². The van der Waals surface area contributed by atoms with Gasteiger partial charge in [-0.25, -0.2) is 0 Å². The number of carboxylic acid groups (broad SMARTS) is 1. The van der Waals surface area contributed by atoms with E-state index in [4.69, 9.17) is 17.3 Å². The molecule has 5 heteroatoms. The number of hydrogen-bond acceptors (Lipinski definition) is 4. The Balaban J connectivity index is 2.19. The summed E-state index contributed by atoms with van der Waals surface area (Å²) in [6, 6.07) is 2.69. The average molecular weight is 242 g/mol. The maximum absolute atomic E-state index is 10.3. The normalized spacial score (nSPS) is 28.6. The topological polar surface area (TPSA) is 75.3 Å². The third-order valence-electron chi connectivity index (χ3n) is 2.78. The second-order valence-corrected chi connectivity index (χ2v) is 5.26. The summed E-state index contributed by atoms with van der Waals surface area (Å²) in [4.78, 5) is 10.3. The number of unbranched alkanes of at least 4 members (excludes halogenated alkanes) is 1. The van der Waals surface area contributed by atoms with Crippen LogP contribution in [0, 0.1) is 12.5 Å². The highest BCUT2D eigenvalue weighted by molar-refractivity contribution is 8.00. The molecule has 3 unspecified atom stereocenters. The smallest absolute Gasteiger partial charge is 0.303 e. The van der Waals surface area contributed by atoms with Crippen LogP contribution in [0.5, 0.6) is 0 Å². The first-order valence-electron chi connectivity index (χ1n) is 5.45. The molecule has 90 valence electrons. The molecule has 16 heavy (non-hydrogen) atoms. The lowest BCUT2D eigenvalue weighted by atomic mass is 10.0. The van der Waals surface area contributed by atoms with Gasteiger partial charge in [0.05, 0.1) is 6.04 Å². The fourth-order valence-electron chi connectivity index (χ4n) is 1.85. The van der Waals surface area contributed by atoms with Crippen LogP contribution >= 0.6 is 11.8 Å². The molecule has 4 nitrogen and oxygen atoms in total. The molecule has 0 saturated carbocycles. The number of carbonyl (C=O) groups is 1. The second-order valence-electron chi connectivity index (χ2n) is 3.98. The molecule has 0 bridgehead atoms. The Labute approximate surface area is 100 Å². The summed E-state index contributed by atoms with van der Waals surface area (Å²) >= 11 is 1.83. The summed E-state index contributed by atoms with van der Waals surface area (Å²) < 4.78 is 0. The fourth-order valence-corrected chi connectivity index (χ4v) is 3.36. The van der Waals surface area contributed by atoms with Gasteiger partial charge in [-0.1, -0.05) is 12.8 Å². The van der Waals surface area contributed by atoms with Crippen LogP contribution in [0.4, 0.5) is 0 Å². The maximum atomic E-state index is 10.3. The molecule has 0 aliphatic carbocycles. The number of carboxylic acids is 1. The van der Waals surface area contributed by atoms with Crippen LogP contribution in [0.2, 0.25) is 0 Å². The van der Waals surface area contributed by atoms with Gasteiger partial charge in [-0.05, 0) is 12.8 Å². The quantitative estimate of drug-likeness (QED) is 0.362. The van der Waals surface area contributed by atoms with Crippen molar-refractivity contribution in [3.8, 4) is 12.5 Å². The number of aliphatic carboxylic acids is 1. The lowest BCUT2D eigenvalue weighted by Gasteiger charge is -2.18. The minimum Gasteiger partial charge on any atom is -0.481 e. The second kappa shape index (κ2) is 6.66. The van der Waals surface area contributed by atoms with E-state index in [-0.39, 0.29) is 18.5 Å². The van der Waals surface area contributed by atoms with Crippen molar-refractivity contribution in [3.05, 3.63) is 0 Å². The van der Waals surface area contributed by atoms with Gasteiger partial charge in [0.2, 0.25) is 0 Å². The van der Waals surface area contributed by atoms with E-state index < -0.39 is 5.97 Å². The van der Waals surface area contributed by atoms with Gasteiger partial charge in [0.25, 0.3) is 0 Å². The highest BCUT2D eigenvalue weighted by atomic mass is 32.2. The Kier molecular flexibility index (Phi) is 5.50. The molecule has 0 aromatic heterocycles. The van der Waals surface area contributed by atoms with Crippen molar-refractivity contribution < 1.29 is 9.90 Å². The molecule has 0 aromatic carbocycles. The Morgan fingerprint density at radius 3 is 3.00 bits per heavy atom. The number of thioether (sulfide) groups is 1. The zero-order valence-electron chi connectivity index (χ0n) is 9.19. The van der Waals surface area contributed by atoms with E-state index in [1.807, 2.05) is 11.8 Å². The molecular formula is C11H18N2O2S. The van der Waals surface area contributed by atoms with Crippen molar-refractivity contribution >= 4 is 17.7 Å². The zero-order valence-corrected chi connectivity index (χ0v) is 10.0. The third kappa shape index (κ3) is 3.95. The van der Waals surface area contributed by atoms with Gasteiger partial charge in [-0.15, -0.1) is 0 Å². The molecule has 1 heterocycles. The van der Waals surface area contributed by atoms with Crippen molar-refractivity contribution in [2.45, 2.75) is 43.0 Å². The molecule has 0 amide bonds. The first-order valence-corrected chi connectivity index (χ1v) is 6.50. The van der Waals surface area contributed by atoms with Crippen molar-refractivity contribution in [1.82, 2.24) is 5.32 Å². The molecular weight excluding hydrogens is 224 g/mol. The van der Waals surface area contributed by atoms with Crippen LogP contribution in [0.3, 0.4) is 0 Å². The third-order valence-corrected chi connectivity index (χ3v) is 4.31. The molecule has 4 N–H and O–H groups in total. The molecule has 1 aliphatic heterocycles. The molecule has 1 aliphatic rings. The Bertz CT molecular complexity index is 278. The Morgan fingerprint density at radius 2 is 2.38 bits per heavy atom. The van der Waals surface area contributed by atoms with Crippen molar-refractivity contribution in [2.75, 3.05) is 5.75 Å². The maximum Gasteiger partial charge on any atom is 0.303 e. The number of nitrogens with one attached hydrogen (secondary N) is 1. The van der Waals surface area contributed by atoms with E-state index in [0.29, 0.717) is 5.25 Å². The first kappa shape index (κ1) is 13.2. The van der Waals surface area contributed by atoms with E-state index in [0.717, 1.165) is 25.0 Å². The molecule has 1 saturated heterocycles. The van der Waals surface area contributed by atoms with Gasteiger partial charge >= 0.3 is 5.97 Å². The van der Waals surface area contributed by atoms with Gasteiger partial charge in [0.1, 0.15) is 0 Å². The minimum absolute atomic E-state index is 0.0749. The predicted octanol–water partition coefficient (Wildman–Crippen LogP) is 0.623. The molecule has 0 radical (unpaired) electrons. The zero-order chi connectivity index (χ0) is 12.0. The molecule has 3 atom stereocenters. The van der Waals surface area contributed by atoms with Crippen LogP contribution in [0.1, 0.15) is 25.7 Å². The van der Waals surface area contributed by atoms with Crippen LogP contribution < -0.4 is 11.1 Å². The summed E-state index contributed by atoms with van der Waals surface area (Å²) in [5.41, 5.74) is 6.06. The van der Waals surface area contributed by atoms with E-state index in [9.17, 15) is 4.79 Å². The van der Waals surface area contributed by atoms with E-state index in [1.165, 1.54) is 0 Å². The number of terminal acetylenes is 1. The lowest BCUT2D eigenvalue weighted by molar-refractivity contribution is -0.137. The van der Waals surface area contributed by atoms with Crippen LogP contribution in [-0.4, -0.2) is 34.2 Å². The highest BCUT2D eigenvalue weighted by Gasteiger charge is 2.32. The van der Waals surface area contributed by atoms with Crippen LogP contribution in [-0.2, 0) is 4.79 Å². The van der Waals surface area contributed by atoms with Crippen LogP contribution in [0.15, 0.2) is 0 Å². The summed E-state index contributed by atoms with van der Waals surface area (Å²) in [6.45, 7) is 0. The summed E-state index contributed by atoms with van der Waals surface area (Å²) in [5.74, 6) is 0.213. The monoisotopic (exact) mass is 242 g/mol. The summed E-state index contributed by atoms with van der Waals surface area (Å²) in [7, 11) is 0. The standard InChI is InChI=1S/C11H18N2O2S/c1-2-13-8-7-16-9(11(8)12)5-3-4-6-10(14)15/h1,8-9,11,13H,3-7,12H2,(H,14,15). The molecule has 1 rings (SSSR count). The number of nitrogens with two attached hydrogens (primary N) is 1. The Hall–Kier alpha value is -0.860. The van der Waals surface area contributed by atoms with E-state index >= 15 is 0 Å². The largest absolute Gasteiger partial charge is 0.481 e. The summed E-state index contributed by atoms with van der Waals surface area (Å²) in [5, 5.41) is 11.8. The van der Waals surface area contributed by atoms with Gasteiger partial charge in [0.15, 0.2) is 0 Å². The van der Waals surface area contributed by atoms with E-state index in [1.54, 1.807) is 0 Å². The van der Waals surface area contributed by atoms with Gasteiger partial charge in [0, 0.05) is 29.5 Å². The van der Waals surface area contributed by atoms with Gasteiger partial charge < -0.3 is 16.2 Å². The van der Waals surface area contributed by atoms with Gasteiger partial charge in [-0.3, -0.25) is 4.79 Å². The molecule has 0 aromatic rings. The lowest BCUT2D eigenvalue weighted by Crippen LogP contribution is -2.45. The number of rotatable bonds is 6. The SMILES string of the molecule is C#CNC1CSC(CCCCC(=O)O)C1N. The minimum atomic E-state index is -0.727. The molecule has 0 spiro atoms. The van der Waals surface area contributed by atoms with Gasteiger partial charge in [-0.2, -0.15) is 11.8 Å².